The molecule has 0 spiro atoms. The molecule has 7 heteroatoms. The Kier molecular flexibility index (Phi) is 4.05. The number of aromatic nitrogens is 4. The van der Waals surface area contributed by atoms with Crippen molar-refractivity contribution in [1.82, 2.24) is 20.0 Å². The highest BCUT2D eigenvalue weighted by Gasteiger charge is 2.25. The van der Waals surface area contributed by atoms with E-state index in [4.69, 9.17) is 4.74 Å². The number of hydrogen-bond acceptors (Lipinski definition) is 6. The number of carbonyl (C=O) groups excluding carboxylic acids is 1. The highest BCUT2D eigenvalue weighted by molar-refractivity contribution is 5.91. The molecule has 0 bridgehead atoms. The number of piperidine rings is 1. The van der Waals surface area contributed by atoms with Crippen molar-refractivity contribution in [2.45, 2.75) is 18.9 Å². The van der Waals surface area contributed by atoms with Crippen LogP contribution in [0.4, 0.5) is 5.82 Å². The van der Waals surface area contributed by atoms with Gasteiger partial charge in [0, 0.05) is 49.9 Å². The first-order valence-corrected chi connectivity index (χ1v) is 8.36. The first-order chi connectivity index (χ1) is 12.2. The van der Waals surface area contributed by atoms with E-state index in [-0.39, 0.29) is 12.1 Å². The molecule has 7 nitrogen and oxygen atoms in total. The van der Waals surface area contributed by atoms with Gasteiger partial charge in [0.25, 0.3) is 0 Å². The second-order valence-electron chi connectivity index (χ2n) is 6.25. The topological polar surface area (TPSA) is 73.1 Å². The molecule has 1 fully saturated rings. The van der Waals surface area contributed by atoms with Gasteiger partial charge >= 0.3 is 5.97 Å². The summed E-state index contributed by atoms with van der Waals surface area (Å²) in [6, 6.07) is 8.11. The van der Waals surface area contributed by atoms with Crippen LogP contribution >= 0.6 is 0 Å². The van der Waals surface area contributed by atoms with Gasteiger partial charge in [-0.1, -0.05) is 24.3 Å². The van der Waals surface area contributed by atoms with Crippen LogP contribution in [0, 0.1) is 0 Å². The second kappa shape index (κ2) is 6.51. The molecule has 1 saturated heterocycles. The molecule has 1 aromatic carbocycles. The molecule has 128 valence electrons. The zero-order valence-corrected chi connectivity index (χ0v) is 14.0. The van der Waals surface area contributed by atoms with Crippen LogP contribution in [0.15, 0.2) is 42.9 Å². The van der Waals surface area contributed by atoms with Crippen molar-refractivity contribution < 1.29 is 9.53 Å². The van der Waals surface area contributed by atoms with E-state index in [1.807, 2.05) is 18.2 Å². The number of hydrogen-bond donors (Lipinski definition) is 0. The zero-order valence-electron chi connectivity index (χ0n) is 14.0. The fourth-order valence-electron chi connectivity index (χ4n) is 3.18. The number of aryl methyl sites for hydroxylation is 1. The third kappa shape index (κ3) is 3.17. The number of anilines is 1. The van der Waals surface area contributed by atoms with Gasteiger partial charge in [-0.3, -0.25) is 4.68 Å². The Balaban J connectivity index is 1.42. The quantitative estimate of drug-likeness (QED) is 0.682. The fourth-order valence-corrected chi connectivity index (χ4v) is 3.18. The van der Waals surface area contributed by atoms with Crippen LogP contribution < -0.4 is 4.90 Å². The van der Waals surface area contributed by atoms with Crippen LogP contribution in [-0.4, -0.2) is 45.1 Å². The maximum absolute atomic E-state index is 12.1. The van der Waals surface area contributed by atoms with Gasteiger partial charge in [0.2, 0.25) is 0 Å². The fraction of sp³-hybridized carbons (Fsp3) is 0.333. The molecular formula is C18H19N5O2. The average molecular weight is 337 g/mol. The SMILES string of the molecule is Cn1cc(C(=O)OC2CCN(c3nncc4ccccc34)CC2)cn1. The molecular weight excluding hydrogens is 318 g/mol. The maximum atomic E-state index is 12.1. The number of benzene rings is 1. The normalized spacial score (nSPS) is 15.5. The average Bonchev–Trinajstić information content (AvgIpc) is 3.08. The first-order valence-electron chi connectivity index (χ1n) is 8.36. The van der Waals surface area contributed by atoms with Crippen LogP contribution in [0.1, 0.15) is 23.2 Å². The third-order valence-corrected chi connectivity index (χ3v) is 4.51. The van der Waals surface area contributed by atoms with Crippen molar-refractivity contribution in [1.29, 1.82) is 0 Å². The number of carbonyl (C=O) groups is 1. The molecule has 0 N–H and O–H groups in total. The first kappa shape index (κ1) is 15.6. The summed E-state index contributed by atoms with van der Waals surface area (Å²) < 4.78 is 7.20. The van der Waals surface area contributed by atoms with E-state index >= 15 is 0 Å². The van der Waals surface area contributed by atoms with E-state index in [1.54, 1.807) is 24.1 Å². The number of nitrogens with zero attached hydrogens (tertiary/aromatic N) is 5. The van der Waals surface area contributed by atoms with Crippen LogP contribution in [0.3, 0.4) is 0 Å². The number of esters is 1. The predicted molar refractivity (Wildman–Crippen MR) is 93.4 cm³/mol. The Bertz CT molecular complexity index is 894. The molecule has 4 rings (SSSR count). The Morgan fingerprint density at radius 1 is 1.20 bits per heavy atom. The highest BCUT2D eigenvalue weighted by atomic mass is 16.5. The second-order valence-corrected chi connectivity index (χ2v) is 6.25. The Labute approximate surface area is 145 Å². The van der Waals surface area contributed by atoms with Crippen LogP contribution in [0.5, 0.6) is 0 Å². The number of ether oxygens (including phenoxy) is 1. The predicted octanol–water partition coefficient (Wildman–Crippen LogP) is 2.19. The summed E-state index contributed by atoms with van der Waals surface area (Å²) in [5, 5.41) is 14.6. The lowest BCUT2D eigenvalue weighted by Gasteiger charge is -2.32. The summed E-state index contributed by atoms with van der Waals surface area (Å²) in [6.07, 6.45) is 6.45. The van der Waals surface area contributed by atoms with Crippen molar-refractivity contribution in [3.63, 3.8) is 0 Å². The molecule has 0 aliphatic carbocycles. The largest absolute Gasteiger partial charge is 0.459 e. The van der Waals surface area contributed by atoms with Crippen LogP contribution in [0.2, 0.25) is 0 Å². The summed E-state index contributed by atoms with van der Waals surface area (Å²) in [5.41, 5.74) is 0.491. The molecule has 3 aromatic rings. The highest BCUT2D eigenvalue weighted by Crippen LogP contribution is 2.26. The van der Waals surface area contributed by atoms with Crippen molar-refractivity contribution in [3.8, 4) is 0 Å². The molecule has 0 radical (unpaired) electrons. The molecule has 3 heterocycles. The van der Waals surface area contributed by atoms with E-state index in [0.717, 1.165) is 42.5 Å². The Morgan fingerprint density at radius 2 is 2.00 bits per heavy atom. The van der Waals surface area contributed by atoms with E-state index in [0.29, 0.717) is 5.56 Å². The van der Waals surface area contributed by atoms with E-state index < -0.39 is 0 Å². The van der Waals surface area contributed by atoms with Crippen LogP contribution in [-0.2, 0) is 11.8 Å². The van der Waals surface area contributed by atoms with Gasteiger partial charge in [0.1, 0.15) is 6.10 Å². The van der Waals surface area contributed by atoms with Gasteiger partial charge in [0.15, 0.2) is 5.82 Å². The summed E-state index contributed by atoms with van der Waals surface area (Å²) >= 11 is 0. The lowest BCUT2D eigenvalue weighted by Crippen LogP contribution is -2.38. The Morgan fingerprint density at radius 3 is 2.76 bits per heavy atom. The standard InChI is InChI=1S/C18H19N5O2/c1-22-12-14(11-20-22)18(24)25-15-6-8-23(9-7-15)17-16-5-3-2-4-13(16)10-19-21-17/h2-5,10-12,15H,6-9H2,1H3. The lowest BCUT2D eigenvalue weighted by molar-refractivity contribution is 0.0244. The molecule has 1 aliphatic rings. The smallest absolute Gasteiger partial charge is 0.341 e. The molecule has 0 amide bonds. The van der Waals surface area contributed by atoms with Crippen molar-refractivity contribution in [3.05, 3.63) is 48.4 Å². The van der Waals surface area contributed by atoms with Crippen molar-refractivity contribution in [2.75, 3.05) is 18.0 Å². The van der Waals surface area contributed by atoms with Gasteiger partial charge in [-0.15, -0.1) is 5.10 Å². The molecule has 0 saturated carbocycles. The molecule has 0 atom stereocenters. The minimum absolute atomic E-state index is 0.0770. The van der Waals surface area contributed by atoms with Crippen molar-refractivity contribution in [2.24, 2.45) is 7.05 Å². The Hall–Kier alpha value is -2.96. The minimum Gasteiger partial charge on any atom is -0.459 e. The van der Waals surface area contributed by atoms with Gasteiger partial charge in [-0.05, 0) is 0 Å². The van der Waals surface area contributed by atoms with Gasteiger partial charge in [-0.2, -0.15) is 10.2 Å². The minimum atomic E-state index is -0.309. The summed E-state index contributed by atoms with van der Waals surface area (Å²) in [7, 11) is 1.78. The molecule has 0 unspecified atom stereocenters. The number of fused-ring (bicyclic) bond motifs is 1. The van der Waals surface area contributed by atoms with E-state index in [1.165, 1.54) is 6.20 Å². The van der Waals surface area contributed by atoms with E-state index in [9.17, 15) is 4.79 Å². The monoisotopic (exact) mass is 337 g/mol. The van der Waals surface area contributed by atoms with Gasteiger partial charge in [0.05, 0.1) is 18.0 Å². The summed E-state index contributed by atoms with van der Waals surface area (Å²) in [4.78, 5) is 14.4. The zero-order chi connectivity index (χ0) is 17.2. The summed E-state index contributed by atoms with van der Waals surface area (Å²) in [6.45, 7) is 1.57. The van der Waals surface area contributed by atoms with Crippen molar-refractivity contribution >= 4 is 22.6 Å². The van der Waals surface area contributed by atoms with Gasteiger partial charge < -0.3 is 9.64 Å². The van der Waals surface area contributed by atoms with Gasteiger partial charge in [-0.25, -0.2) is 4.79 Å². The third-order valence-electron chi connectivity index (χ3n) is 4.51. The molecule has 2 aromatic heterocycles. The molecule has 1 aliphatic heterocycles. The van der Waals surface area contributed by atoms with Crippen LogP contribution in [0.25, 0.3) is 10.8 Å². The maximum Gasteiger partial charge on any atom is 0.341 e. The number of rotatable bonds is 3. The summed E-state index contributed by atoms with van der Waals surface area (Å²) in [5.74, 6) is 0.589. The molecule has 25 heavy (non-hydrogen) atoms. The van der Waals surface area contributed by atoms with E-state index in [2.05, 4.69) is 26.3 Å². The lowest BCUT2D eigenvalue weighted by atomic mass is 10.1.